The molecule has 0 atom stereocenters. The number of sulfone groups is 1. The summed E-state index contributed by atoms with van der Waals surface area (Å²) in [4.78, 5) is 26.5. The van der Waals surface area contributed by atoms with Gasteiger partial charge in [-0.3, -0.25) is 9.59 Å². The predicted molar refractivity (Wildman–Crippen MR) is 115 cm³/mol. The molecule has 0 aromatic heterocycles. The van der Waals surface area contributed by atoms with Gasteiger partial charge in [0.2, 0.25) is 11.8 Å². The maximum atomic E-state index is 12.7. The van der Waals surface area contributed by atoms with Crippen LogP contribution < -0.4 is 10.2 Å². The molecule has 2 aliphatic rings. The smallest absolute Gasteiger partial charge is 0.230 e. The molecule has 1 saturated carbocycles. The van der Waals surface area contributed by atoms with Gasteiger partial charge in [-0.2, -0.15) is 0 Å². The van der Waals surface area contributed by atoms with Crippen molar-refractivity contribution in [2.45, 2.75) is 37.1 Å². The maximum absolute atomic E-state index is 12.7. The van der Waals surface area contributed by atoms with Gasteiger partial charge in [-0.25, -0.2) is 8.42 Å². The van der Waals surface area contributed by atoms with Crippen molar-refractivity contribution in [3.8, 4) is 0 Å². The molecule has 2 amide bonds. The van der Waals surface area contributed by atoms with Crippen molar-refractivity contribution in [3.05, 3.63) is 58.6 Å². The first-order chi connectivity index (χ1) is 14.3. The van der Waals surface area contributed by atoms with E-state index in [0.717, 1.165) is 29.7 Å². The van der Waals surface area contributed by atoms with Crippen molar-refractivity contribution < 1.29 is 18.0 Å². The molecular weight excluding hydrogens is 424 g/mol. The van der Waals surface area contributed by atoms with Crippen molar-refractivity contribution in [2.24, 2.45) is 5.92 Å². The van der Waals surface area contributed by atoms with Crippen molar-refractivity contribution in [2.75, 3.05) is 17.2 Å². The number of carbonyl (C=O) groups excluding carboxylic acids is 2. The van der Waals surface area contributed by atoms with Crippen molar-refractivity contribution in [3.63, 3.8) is 0 Å². The van der Waals surface area contributed by atoms with Crippen LogP contribution in [0.4, 0.5) is 5.69 Å². The second-order valence-corrected chi connectivity index (χ2v) is 10.3. The number of rotatable bonds is 7. The van der Waals surface area contributed by atoms with Gasteiger partial charge in [0.05, 0.1) is 10.6 Å². The zero-order chi connectivity index (χ0) is 21.3. The minimum atomic E-state index is -3.60. The topological polar surface area (TPSA) is 83.6 Å². The van der Waals surface area contributed by atoms with Gasteiger partial charge in [-0.15, -0.1) is 0 Å². The van der Waals surface area contributed by atoms with E-state index >= 15 is 0 Å². The van der Waals surface area contributed by atoms with E-state index in [1.807, 2.05) is 6.07 Å². The molecular formula is C22H23ClN2O4S. The third-order valence-electron chi connectivity index (χ3n) is 5.53. The second-order valence-electron chi connectivity index (χ2n) is 7.74. The highest BCUT2D eigenvalue weighted by atomic mass is 35.5. The number of fused-ring (bicyclic) bond motifs is 1. The number of benzene rings is 2. The van der Waals surface area contributed by atoms with E-state index in [-0.39, 0.29) is 41.3 Å². The molecule has 0 bridgehead atoms. The van der Waals surface area contributed by atoms with Crippen LogP contribution in [0.3, 0.4) is 0 Å². The molecule has 1 N–H and O–H groups in total. The molecule has 1 fully saturated rings. The average Bonchev–Trinajstić information content (AvgIpc) is 3.50. The van der Waals surface area contributed by atoms with Crippen LogP contribution in [0.25, 0.3) is 0 Å². The first-order valence-electron chi connectivity index (χ1n) is 10.0. The van der Waals surface area contributed by atoms with E-state index in [4.69, 9.17) is 11.6 Å². The van der Waals surface area contributed by atoms with Gasteiger partial charge in [-0.05, 0) is 54.7 Å². The molecule has 1 aliphatic heterocycles. The summed E-state index contributed by atoms with van der Waals surface area (Å²) < 4.78 is 25.4. The Morgan fingerprint density at radius 2 is 1.90 bits per heavy atom. The van der Waals surface area contributed by atoms with Crippen molar-refractivity contribution in [1.82, 2.24) is 5.32 Å². The lowest BCUT2D eigenvalue weighted by Gasteiger charge is -2.17. The summed E-state index contributed by atoms with van der Waals surface area (Å²) in [7, 11) is -3.60. The summed E-state index contributed by atoms with van der Waals surface area (Å²) in [5.41, 5.74) is 2.45. The van der Waals surface area contributed by atoms with Crippen LogP contribution in [0.2, 0.25) is 5.02 Å². The third kappa shape index (κ3) is 4.52. The van der Waals surface area contributed by atoms with Crippen LogP contribution >= 0.6 is 11.6 Å². The molecule has 1 aliphatic carbocycles. The van der Waals surface area contributed by atoms with Gasteiger partial charge >= 0.3 is 0 Å². The zero-order valence-electron chi connectivity index (χ0n) is 16.4. The lowest BCUT2D eigenvalue weighted by molar-refractivity contribution is -0.121. The Balaban J connectivity index is 1.36. The number of nitrogens with one attached hydrogen (secondary N) is 1. The van der Waals surface area contributed by atoms with Gasteiger partial charge in [0.1, 0.15) is 0 Å². The number of anilines is 1. The van der Waals surface area contributed by atoms with Crippen LogP contribution in [0, 0.1) is 5.92 Å². The summed E-state index contributed by atoms with van der Waals surface area (Å²) >= 11 is 6.06. The lowest BCUT2D eigenvalue weighted by Crippen LogP contribution is -2.30. The molecule has 1 heterocycles. The molecule has 30 heavy (non-hydrogen) atoms. The molecule has 2 aromatic carbocycles. The Morgan fingerprint density at radius 1 is 1.13 bits per heavy atom. The van der Waals surface area contributed by atoms with Gasteiger partial charge in [0.25, 0.3) is 0 Å². The number of nitrogens with zero attached hydrogens (tertiary/aromatic N) is 1. The van der Waals surface area contributed by atoms with Crippen molar-refractivity contribution in [1.29, 1.82) is 0 Å². The van der Waals surface area contributed by atoms with Crippen LogP contribution in [0.5, 0.6) is 0 Å². The summed E-state index contributed by atoms with van der Waals surface area (Å²) in [5.74, 6) is -0.353. The highest BCUT2D eigenvalue weighted by Gasteiger charge is 2.36. The first kappa shape index (κ1) is 20.9. The summed E-state index contributed by atoms with van der Waals surface area (Å²) in [6, 6.07) is 12.1. The number of hydrogen-bond donors (Lipinski definition) is 1. The van der Waals surface area contributed by atoms with Crippen LogP contribution in [-0.4, -0.2) is 32.5 Å². The van der Waals surface area contributed by atoms with Gasteiger partial charge < -0.3 is 10.2 Å². The van der Waals surface area contributed by atoms with E-state index in [1.54, 1.807) is 35.2 Å². The Labute approximate surface area is 181 Å². The second kappa shape index (κ2) is 8.40. The maximum Gasteiger partial charge on any atom is 0.230 e. The molecule has 158 valence electrons. The van der Waals surface area contributed by atoms with Gasteiger partial charge in [-0.1, -0.05) is 29.8 Å². The average molecular weight is 447 g/mol. The monoisotopic (exact) mass is 446 g/mol. The lowest BCUT2D eigenvalue weighted by atomic mass is 10.2. The SMILES string of the molecule is O=C(CCS(=O)(=O)c1ccc2c(c1)CCN2C(=O)C1CC1)NCc1ccccc1Cl. The van der Waals surface area contributed by atoms with Crippen molar-refractivity contribution >= 4 is 38.9 Å². The van der Waals surface area contributed by atoms with E-state index in [2.05, 4.69) is 5.32 Å². The molecule has 6 nitrogen and oxygen atoms in total. The first-order valence-corrected chi connectivity index (χ1v) is 12.1. The highest BCUT2D eigenvalue weighted by Crippen LogP contribution is 2.37. The predicted octanol–water partition coefficient (Wildman–Crippen LogP) is 3.12. The zero-order valence-corrected chi connectivity index (χ0v) is 18.0. The summed E-state index contributed by atoms with van der Waals surface area (Å²) in [6.07, 6.45) is 2.40. The Morgan fingerprint density at radius 3 is 2.63 bits per heavy atom. The fraction of sp³-hybridized carbons (Fsp3) is 0.364. The Hall–Kier alpha value is -2.38. The van der Waals surface area contributed by atoms with E-state index < -0.39 is 9.84 Å². The fourth-order valence-corrected chi connectivity index (χ4v) is 5.11. The molecule has 0 radical (unpaired) electrons. The number of carbonyl (C=O) groups is 2. The molecule has 2 aromatic rings. The molecule has 4 rings (SSSR count). The molecule has 0 saturated heterocycles. The normalized spacial score (nSPS) is 15.7. The van der Waals surface area contributed by atoms with Crippen LogP contribution in [0.15, 0.2) is 47.4 Å². The molecule has 0 unspecified atom stereocenters. The van der Waals surface area contributed by atoms with E-state index in [0.29, 0.717) is 18.0 Å². The van der Waals surface area contributed by atoms with Crippen LogP contribution in [0.1, 0.15) is 30.4 Å². The standard InChI is InChI=1S/C22H23ClN2O4S/c23-19-4-2-1-3-17(19)14-24-21(26)10-12-30(28,29)18-7-8-20-16(13-18)9-11-25(20)22(27)15-5-6-15/h1-4,7-8,13,15H,5-6,9-12,14H2,(H,24,26). The molecule has 0 spiro atoms. The summed E-state index contributed by atoms with van der Waals surface area (Å²) in [6.45, 7) is 0.848. The number of halogens is 1. The Bertz CT molecular complexity index is 1100. The van der Waals surface area contributed by atoms with E-state index in [1.165, 1.54) is 6.07 Å². The minimum Gasteiger partial charge on any atom is -0.352 e. The number of amides is 2. The third-order valence-corrected chi connectivity index (χ3v) is 7.61. The van der Waals surface area contributed by atoms with Crippen LogP contribution in [-0.2, 0) is 32.4 Å². The van der Waals surface area contributed by atoms with Gasteiger partial charge in [0, 0.05) is 36.1 Å². The van der Waals surface area contributed by atoms with E-state index in [9.17, 15) is 18.0 Å². The largest absolute Gasteiger partial charge is 0.352 e. The minimum absolute atomic E-state index is 0.128. The fourth-order valence-electron chi connectivity index (χ4n) is 3.62. The van der Waals surface area contributed by atoms with Gasteiger partial charge in [0.15, 0.2) is 9.84 Å². The summed E-state index contributed by atoms with van der Waals surface area (Å²) in [5, 5.41) is 3.26. The quantitative estimate of drug-likeness (QED) is 0.708. The highest BCUT2D eigenvalue weighted by molar-refractivity contribution is 7.91. The Kier molecular flexibility index (Phi) is 5.84. The molecule has 8 heteroatoms. The number of hydrogen-bond acceptors (Lipinski definition) is 4.